The second-order valence-electron chi connectivity index (χ2n) is 9.20. The van der Waals surface area contributed by atoms with Gasteiger partial charge in [-0.25, -0.2) is 4.98 Å². The standard InChI is InChI=1S/C28H21ClN8O4/c1-41-26-15-35(27(38)14-21(26)20-12-18(29)7-10-24(20)36-16-30-33-34-36)25(11-17-5-3-2-4-6-17)28-31-22-9-8-19(37(39)40)13-23(22)32-28/h2-10,12-16,25H,11H2,1H3,(H,31,32). The predicted molar refractivity (Wildman–Crippen MR) is 151 cm³/mol. The van der Waals surface area contributed by atoms with Gasteiger partial charge >= 0.3 is 0 Å². The van der Waals surface area contributed by atoms with E-state index in [-0.39, 0.29) is 11.2 Å². The minimum absolute atomic E-state index is 0.0598. The van der Waals surface area contributed by atoms with Crippen molar-refractivity contribution in [1.82, 2.24) is 34.7 Å². The van der Waals surface area contributed by atoms with Gasteiger partial charge in [0.15, 0.2) is 0 Å². The molecule has 0 bridgehead atoms. The third-order valence-corrected chi connectivity index (χ3v) is 6.96. The first-order valence-electron chi connectivity index (χ1n) is 12.4. The number of nitrogens with one attached hydrogen (secondary N) is 1. The smallest absolute Gasteiger partial charge is 0.271 e. The van der Waals surface area contributed by atoms with Gasteiger partial charge in [0.1, 0.15) is 17.9 Å². The molecule has 0 aliphatic heterocycles. The van der Waals surface area contributed by atoms with E-state index < -0.39 is 11.0 Å². The summed E-state index contributed by atoms with van der Waals surface area (Å²) in [6.07, 6.45) is 3.49. The number of methoxy groups -OCH3 is 1. The molecule has 1 atom stereocenters. The fourth-order valence-corrected chi connectivity index (χ4v) is 4.97. The zero-order valence-corrected chi connectivity index (χ0v) is 22.3. The van der Waals surface area contributed by atoms with E-state index in [4.69, 9.17) is 21.3 Å². The number of nitrogens with zero attached hydrogens (tertiary/aromatic N) is 7. The van der Waals surface area contributed by atoms with Crippen LogP contribution in [-0.2, 0) is 6.42 Å². The van der Waals surface area contributed by atoms with Crippen molar-refractivity contribution < 1.29 is 9.66 Å². The molecule has 3 heterocycles. The number of nitro groups is 1. The van der Waals surface area contributed by atoms with E-state index >= 15 is 0 Å². The number of benzene rings is 3. The Balaban J connectivity index is 1.51. The molecule has 41 heavy (non-hydrogen) atoms. The summed E-state index contributed by atoms with van der Waals surface area (Å²) in [5.41, 5.74) is 3.33. The van der Waals surface area contributed by atoms with Gasteiger partial charge < -0.3 is 14.3 Å². The van der Waals surface area contributed by atoms with Crippen LogP contribution < -0.4 is 10.3 Å². The zero-order valence-electron chi connectivity index (χ0n) is 21.5. The van der Waals surface area contributed by atoms with Gasteiger partial charge in [-0.1, -0.05) is 41.9 Å². The van der Waals surface area contributed by atoms with Crippen molar-refractivity contribution >= 4 is 28.3 Å². The Morgan fingerprint density at radius 2 is 1.90 bits per heavy atom. The van der Waals surface area contributed by atoms with E-state index in [9.17, 15) is 14.9 Å². The molecule has 3 aromatic carbocycles. The second-order valence-corrected chi connectivity index (χ2v) is 9.64. The largest absolute Gasteiger partial charge is 0.495 e. The molecule has 1 unspecified atom stereocenters. The molecule has 0 spiro atoms. The van der Waals surface area contributed by atoms with Gasteiger partial charge in [-0.3, -0.25) is 14.9 Å². The molecule has 6 rings (SSSR count). The normalized spacial score (nSPS) is 12.0. The molecule has 0 saturated carbocycles. The number of hydrogen-bond donors (Lipinski definition) is 1. The monoisotopic (exact) mass is 568 g/mol. The highest BCUT2D eigenvalue weighted by Gasteiger charge is 2.24. The van der Waals surface area contributed by atoms with Crippen LogP contribution in [0.15, 0.2) is 90.1 Å². The van der Waals surface area contributed by atoms with Crippen LogP contribution in [-0.4, -0.2) is 46.8 Å². The Morgan fingerprint density at radius 3 is 2.63 bits per heavy atom. The Labute approximate surface area is 237 Å². The number of nitro benzene ring substituents is 1. The minimum atomic E-state index is -0.586. The lowest BCUT2D eigenvalue weighted by atomic mass is 10.0. The molecule has 0 saturated heterocycles. The van der Waals surface area contributed by atoms with Gasteiger partial charge in [0.2, 0.25) is 0 Å². The summed E-state index contributed by atoms with van der Waals surface area (Å²) in [6.45, 7) is 0. The lowest BCUT2D eigenvalue weighted by Gasteiger charge is -2.21. The molecule has 6 aromatic rings. The third kappa shape index (κ3) is 5.03. The maximum atomic E-state index is 13.8. The number of fused-ring (bicyclic) bond motifs is 1. The lowest BCUT2D eigenvalue weighted by molar-refractivity contribution is -0.384. The number of imidazole rings is 1. The number of hydrogen-bond acceptors (Lipinski definition) is 8. The highest BCUT2D eigenvalue weighted by Crippen LogP contribution is 2.36. The van der Waals surface area contributed by atoms with Crippen LogP contribution in [0.3, 0.4) is 0 Å². The highest BCUT2D eigenvalue weighted by molar-refractivity contribution is 6.31. The van der Waals surface area contributed by atoms with Crippen molar-refractivity contribution in [1.29, 1.82) is 0 Å². The number of rotatable bonds is 8. The van der Waals surface area contributed by atoms with Gasteiger partial charge in [0.05, 0.1) is 41.0 Å². The molecule has 0 aliphatic rings. The molecule has 12 nitrogen and oxygen atoms in total. The van der Waals surface area contributed by atoms with E-state index in [2.05, 4.69) is 20.5 Å². The Kier molecular flexibility index (Phi) is 6.73. The number of aromatic nitrogens is 7. The van der Waals surface area contributed by atoms with Crippen LogP contribution in [0.4, 0.5) is 5.69 Å². The van der Waals surface area contributed by atoms with Crippen molar-refractivity contribution in [3.05, 3.63) is 122 Å². The van der Waals surface area contributed by atoms with E-state index in [0.29, 0.717) is 50.9 Å². The van der Waals surface area contributed by atoms with Crippen molar-refractivity contribution in [2.45, 2.75) is 12.5 Å². The van der Waals surface area contributed by atoms with Crippen LogP contribution in [0.5, 0.6) is 5.75 Å². The fourth-order valence-electron chi connectivity index (χ4n) is 4.79. The molecule has 0 amide bonds. The number of pyridine rings is 1. The Morgan fingerprint density at radius 1 is 1.07 bits per heavy atom. The first kappa shape index (κ1) is 25.9. The fraction of sp³-hybridized carbons (Fsp3) is 0.107. The average Bonchev–Trinajstić information content (AvgIpc) is 3.66. The third-order valence-electron chi connectivity index (χ3n) is 6.73. The maximum absolute atomic E-state index is 13.8. The second kappa shape index (κ2) is 10.7. The molecule has 1 N–H and O–H groups in total. The van der Waals surface area contributed by atoms with Gasteiger partial charge in [-0.15, -0.1) is 5.10 Å². The van der Waals surface area contributed by atoms with Crippen molar-refractivity contribution in [3.63, 3.8) is 0 Å². The van der Waals surface area contributed by atoms with E-state index in [0.717, 1.165) is 5.56 Å². The van der Waals surface area contributed by atoms with E-state index in [1.165, 1.54) is 36.3 Å². The molecule has 0 aliphatic carbocycles. The Hall–Kier alpha value is -5.36. The van der Waals surface area contributed by atoms with Crippen LogP contribution in [0.25, 0.3) is 27.8 Å². The molecule has 204 valence electrons. The van der Waals surface area contributed by atoms with Crippen molar-refractivity contribution in [2.75, 3.05) is 7.11 Å². The summed E-state index contributed by atoms with van der Waals surface area (Å²) in [7, 11) is 1.52. The molecule has 0 radical (unpaired) electrons. The summed E-state index contributed by atoms with van der Waals surface area (Å²) >= 11 is 6.35. The van der Waals surface area contributed by atoms with E-state index in [1.807, 2.05) is 30.3 Å². The summed E-state index contributed by atoms with van der Waals surface area (Å²) in [4.78, 5) is 32.6. The molecule has 0 fully saturated rings. The van der Waals surface area contributed by atoms with Gasteiger partial charge in [0.25, 0.3) is 11.2 Å². The van der Waals surface area contributed by atoms with Crippen LogP contribution in [0.2, 0.25) is 5.02 Å². The van der Waals surface area contributed by atoms with E-state index in [1.54, 1.807) is 35.0 Å². The van der Waals surface area contributed by atoms with Crippen molar-refractivity contribution in [2.24, 2.45) is 0 Å². The summed E-state index contributed by atoms with van der Waals surface area (Å²) in [5.74, 6) is 0.879. The number of halogens is 1. The van der Waals surface area contributed by atoms with Crippen LogP contribution in [0.1, 0.15) is 17.4 Å². The minimum Gasteiger partial charge on any atom is -0.495 e. The van der Waals surface area contributed by atoms with Gasteiger partial charge in [-0.2, -0.15) is 4.68 Å². The van der Waals surface area contributed by atoms with Crippen LogP contribution >= 0.6 is 11.6 Å². The number of H-pyrrole nitrogens is 1. The summed E-state index contributed by atoms with van der Waals surface area (Å²) in [5, 5.41) is 23.2. The summed E-state index contributed by atoms with van der Waals surface area (Å²) < 4.78 is 8.79. The average molecular weight is 569 g/mol. The van der Waals surface area contributed by atoms with Crippen LogP contribution in [0, 0.1) is 10.1 Å². The SMILES string of the molecule is COc1cn(C(Cc2ccccc2)c2nc3ccc([N+](=O)[O-])cc3[nH]2)c(=O)cc1-c1cc(Cl)ccc1-n1cnnn1. The lowest BCUT2D eigenvalue weighted by Crippen LogP contribution is -2.27. The molecule has 13 heteroatoms. The first-order valence-corrected chi connectivity index (χ1v) is 12.8. The molecule has 3 aromatic heterocycles. The number of aromatic amines is 1. The first-order chi connectivity index (χ1) is 19.9. The quantitative estimate of drug-likeness (QED) is 0.204. The summed E-state index contributed by atoms with van der Waals surface area (Å²) in [6, 6.07) is 20.1. The Bertz CT molecular complexity index is 1940. The van der Waals surface area contributed by atoms with Gasteiger partial charge in [-0.05, 0) is 40.3 Å². The predicted octanol–water partition coefficient (Wildman–Crippen LogP) is 4.77. The maximum Gasteiger partial charge on any atom is 0.271 e. The van der Waals surface area contributed by atoms with Gasteiger partial charge in [0, 0.05) is 40.8 Å². The number of non-ortho nitro benzene ring substituents is 1. The molecular formula is C28H21ClN8O4. The topological polar surface area (TPSA) is 147 Å². The molecular weight excluding hydrogens is 548 g/mol. The number of tetrazole rings is 1. The van der Waals surface area contributed by atoms with Crippen molar-refractivity contribution in [3.8, 4) is 22.6 Å². The highest BCUT2D eigenvalue weighted by atomic mass is 35.5. The zero-order chi connectivity index (χ0) is 28.5. The number of ether oxygens (including phenoxy) is 1.